The van der Waals surface area contributed by atoms with E-state index in [-0.39, 0.29) is 0 Å². The second-order valence-corrected chi connectivity index (χ2v) is 5.10. The molecule has 16 heavy (non-hydrogen) atoms. The Balaban J connectivity index is 1.96. The first kappa shape index (κ1) is 11.2. The fraction of sp³-hybridized carbons (Fsp3) is 0.667. The molecular formula is C12H20N4. The van der Waals surface area contributed by atoms with Crippen molar-refractivity contribution in [2.45, 2.75) is 39.2 Å². The number of hydrogen-bond donors (Lipinski definition) is 2. The molecule has 2 unspecified atom stereocenters. The number of anilines is 2. The molecule has 1 aliphatic carbocycles. The van der Waals surface area contributed by atoms with E-state index >= 15 is 0 Å². The predicted molar refractivity (Wildman–Crippen MR) is 66.0 cm³/mol. The molecule has 1 saturated carbocycles. The van der Waals surface area contributed by atoms with Gasteiger partial charge in [0.25, 0.3) is 0 Å². The van der Waals surface area contributed by atoms with E-state index in [1.54, 1.807) is 12.4 Å². The van der Waals surface area contributed by atoms with E-state index in [2.05, 4.69) is 29.1 Å². The van der Waals surface area contributed by atoms with Crippen LogP contribution in [0.4, 0.5) is 11.6 Å². The minimum absolute atomic E-state index is 0.502. The van der Waals surface area contributed by atoms with Gasteiger partial charge in [-0.05, 0) is 31.1 Å². The van der Waals surface area contributed by atoms with E-state index in [1.807, 2.05) is 0 Å². The number of nitrogen functional groups attached to an aromatic ring is 1. The van der Waals surface area contributed by atoms with Gasteiger partial charge in [0.15, 0.2) is 0 Å². The Morgan fingerprint density at radius 2 is 1.69 bits per heavy atom. The molecule has 1 aromatic heterocycles. The fourth-order valence-corrected chi connectivity index (χ4v) is 2.66. The average molecular weight is 220 g/mol. The summed E-state index contributed by atoms with van der Waals surface area (Å²) in [6.07, 6.45) is 7.03. The molecule has 1 aromatic rings. The highest BCUT2D eigenvalue weighted by Crippen LogP contribution is 2.29. The topological polar surface area (TPSA) is 63.8 Å². The van der Waals surface area contributed by atoms with Crippen LogP contribution in [0.2, 0.25) is 0 Å². The molecule has 4 nitrogen and oxygen atoms in total. The van der Waals surface area contributed by atoms with Gasteiger partial charge in [-0.2, -0.15) is 0 Å². The number of nitrogens with two attached hydrogens (primary N) is 1. The van der Waals surface area contributed by atoms with Crippen molar-refractivity contribution in [1.82, 2.24) is 9.97 Å². The van der Waals surface area contributed by atoms with Gasteiger partial charge in [-0.3, -0.25) is 0 Å². The normalized spacial score (nSPS) is 30.0. The van der Waals surface area contributed by atoms with Crippen molar-refractivity contribution in [2.24, 2.45) is 11.8 Å². The lowest BCUT2D eigenvalue weighted by Crippen LogP contribution is -2.30. The van der Waals surface area contributed by atoms with Crippen molar-refractivity contribution < 1.29 is 0 Å². The molecule has 88 valence electrons. The Bertz CT molecular complexity index is 325. The predicted octanol–water partition coefficient (Wildman–Crippen LogP) is 2.30. The van der Waals surface area contributed by atoms with Crippen molar-refractivity contribution >= 4 is 11.6 Å². The molecule has 1 fully saturated rings. The Morgan fingerprint density at radius 1 is 1.12 bits per heavy atom. The van der Waals surface area contributed by atoms with Crippen LogP contribution >= 0.6 is 0 Å². The Labute approximate surface area is 96.7 Å². The molecule has 0 amide bonds. The first-order valence-electron chi connectivity index (χ1n) is 5.97. The van der Waals surface area contributed by atoms with Crippen molar-refractivity contribution in [2.75, 3.05) is 11.1 Å². The van der Waals surface area contributed by atoms with Crippen LogP contribution in [0.25, 0.3) is 0 Å². The van der Waals surface area contributed by atoms with Gasteiger partial charge < -0.3 is 11.1 Å². The maximum absolute atomic E-state index is 5.55. The molecular weight excluding hydrogens is 200 g/mol. The molecule has 0 aliphatic heterocycles. The third kappa shape index (κ3) is 2.84. The minimum atomic E-state index is 0.502. The molecule has 1 heterocycles. The molecule has 0 aromatic carbocycles. The van der Waals surface area contributed by atoms with Crippen LogP contribution in [-0.2, 0) is 0 Å². The highest BCUT2D eigenvalue weighted by Gasteiger charge is 2.24. The van der Waals surface area contributed by atoms with E-state index in [1.165, 1.54) is 19.3 Å². The van der Waals surface area contributed by atoms with Gasteiger partial charge in [0.2, 0.25) is 5.95 Å². The largest absolute Gasteiger partial charge is 0.396 e. The SMILES string of the molecule is CC1CC(C)CC(Nc2ncc(N)cn2)C1. The highest BCUT2D eigenvalue weighted by atomic mass is 15.1. The maximum Gasteiger partial charge on any atom is 0.222 e. The van der Waals surface area contributed by atoms with Gasteiger partial charge >= 0.3 is 0 Å². The van der Waals surface area contributed by atoms with E-state index in [9.17, 15) is 0 Å². The maximum atomic E-state index is 5.55. The standard InChI is InChI=1S/C12H20N4/c1-8-3-9(2)5-11(4-8)16-12-14-6-10(13)7-15-12/h6-9,11H,3-5,13H2,1-2H3,(H,14,15,16). The monoisotopic (exact) mass is 220 g/mol. The summed E-state index contributed by atoms with van der Waals surface area (Å²) < 4.78 is 0. The second-order valence-electron chi connectivity index (χ2n) is 5.10. The highest BCUT2D eigenvalue weighted by molar-refractivity contribution is 5.36. The number of nitrogens with zero attached hydrogens (tertiary/aromatic N) is 2. The molecule has 2 rings (SSSR count). The summed E-state index contributed by atoms with van der Waals surface area (Å²) in [5.41, 5.74) is 6.16. The van der Waals surface area contributed by atoms with Gasteiger partial charge in [-0.25, -0.2) is 9.97 Å². The molecule has 1 aliphatic rings. The molecule has 2 atom stereocenters. The lowest BCUT2D eigenvalue weighted by atomic mass is 9.80. The summed E-state index contributed by atoms with van der Waals surface area (Å²) >= 11 is 0. The third-order valence-corrected chi connectivity index (χ3v) is 3.18. The molecule has 3 N–H and O–H groups in total. The summed E-state index contributed by atoms with van der Waals surface area (Å²) in [7, 11) is 0. The minimum Gasteiger partial charge on any atom is -0.396 e. The van der Waals surface area contributed by atoms with E-state index in [4.69, 9.17) is 5.73 Å². The number of rotatable bonds is 2. The zero-order chi connectivity index (χ0) is 11.5. The number of hydrogen-bond acceptors (Lipinski definition) is 4. The summed E-state index contributed by atoms with van der Waals surface area (Å²) in [4.78, 5) is 8.35. The summed E-state index contributed by atoms with van der Waals surface area (Å²) in [6.45, 7) is 4.63. The number of nitrogens with one attached hydrogen (secondary N) is 1. The van der Waals surface area contributed by atoms with Crippen molar-refractivity contribution in [1.29, 1.82) is 0 Å². The van der Waals surface area contributed by atoms with Crippen LogP contribution in [0.1, 0.15) is 33.1 Å². The summed E-state index contributed by atoms with van der Waals surface area (Å²) in [5.74, 6) is 2.27. The van der Waals surface area contributed by atoms with Crippen molar-refractivity contribution in [3.63, 3.8) is 0 Å². The molecule has 0 spiro atoms. The number of aromatic nitrogens is 2. The summed E-state index contributed by atoms with van der Waals surface area (Å²) in [6, 6.07) is 0.502. The van der Waals surface area contributed by atoms with E-state index in [0.29, 0.717) is 17.7 Å². The Kier molecular flexibility index (Phi) is 3.27. The van der Waals surface area contributed by atoms with Gasteiger partial charge in [0.05, 0.1) is 18.1 Å². The lowest BCUT2D eigenvalue weighted by Gasteiger charge is -2.31. The molecule has 0 saturated heterocycles. The average Bonchev–Trinajstić information content (AvgIpc) is 2.20. The zero-order valence-electron chi connectivity index (χ0n) is 9.98. The third-order valence-electron chi connectivity index (χ3n) is 3.18. The Hall–Kier alpha value is -1.32. The second kappa shape index (κ2) is 4.68. The fourth-order valence-electron chi connectivity index (χ4n) is 2.66. The van der Waals surface area contributed by atoms with Crippen LogP contribution in [0.15, 0.2) is 12.4 Å². The molecule has 0 radical (unpaired) electrons. The lowest BCUT2D eigenvalue weighted by molar-refractivity contribution is 0.280. The van der Waals surface area contributed by atoms with Gasteiger partial charge in [0, 0.05) is 6.04 Å². The van der Waals surface area contributed by atoms with Crippen molar-refractivity contribution in [3.8, 4) is 0 Å². The van der Waals surface area contributed by atoms with Gasteiger partial charge in [0.1, 0.15) is 0 Å². The smallest absolute Gasteiger partial charge is 0.222 e. The molecule has 0 bridgehead atoms. The van der Waals surface area contributed by atoms with Gasteiger partial charge in [-0.15, -0.1) is 0 Å². The quantitative estimate of drug-likeness (QED) is 0.802. The van der Waals surface area contributed by atoms with Crippen LogP contribution in [-0.4, -0.2) is 16.0 Å². The van der Waals surface area contributed by atoms with Crippen LogP contribution < -0.4 is 11.1 Å². The molecule has 4 heteroatoms. The first-order valence-corrected chi connectivity index (χ1v) is 5.97. The van der Waals surface area contributed by atoms with E-state index in [0.717, 1.165) is 11.8 Å². The van der Waals surface area contributed by atoms with Crippen LogP contribution in [0.3, 0.4) is 0 Å². The van der Waals surface area contributed by atoms with Crippen LogP contribution in [0.5, 0.6) is 0 Å². The first-order chi connectivity index (χ1) is 7.63. The van der Waals surface area contributed by atoms with Crippen LogP contribution in [0, 0.1) is 11.8 Å². The summed E-state index contributed by atoms with van der Waals surface area (Å²) in [5, 5.41) is 3.39. The zero-order valence-corrected chi connectivity index (χ0v) is 9.98. The van der Waals surface area contributed by atoms with E-state index < -0.39 is 0 Å². The van der Waals surface area contributed by atoms with Crippen molar-refractivity contribution in [3.05, 3.63) is 12.4 Å². The van der Waals surface area contributed by atoms with Gasteiger partial charge in [-0.1, -0.05) is 13.8 Å². The Morgan fingerprint density at radius 3 is 2.25 bits per heavy atom.